The molecule has 0 spiro atoms. The van der Waals surface area contributed by atoms with Gasteiger partial charge in [-0.05, 0) is 64.7 Å². The van der Waals surface area contributed by atoms with E-state index in [1.54, 1.807) is 0 Å². The normalized spacial score (nSPS) is 14.2. The van der Waals surface area contributed by atoms with Gasteiger partial charge in [0.25, 0.3) is 0 Å². The molecule has 0 aliphatic heterocycles. The van der Waals surface area contributed by atoms with Gasteiger partial charge in [-0.25, -0.2) is 0 Å². The third-order valence-electron chi connectivity index (χ3n) is 2.78. The second kappa shape index (κ2) is 7.08. The highest BCUT2D eigenvalue weighted by Gasteiger charge is 2.11. The van der Waals surface area contributed by atoms with E-state index in [9.17, 15) is 0 Å². The Labute approximate surface area is 136 Å². The number of amidine groups is 1. The molecule has 0 saturated heterocycles. The molecule has 0 unspecified atom stereocenters. The molecular weight excluding hydrogens is 270 g/mol. The third-order valence-corrected chi connectivity index (χ3v) is 2.78. The van der Waals surface area contributed by atoms with Gasteiger partial charge in [0.05, 0.1) is 17.1 Å². The lowest BCUT2D eigenvalue weighted by Crippen LogP contribution is -2.17. The number of benzene rings is 1. The predicted octanol–water partition coefficient (Wildman–Crippen LogP) is 5.84. The number of anilines is 1. The van der Waals surface area contributed by atoms with Crippen molar-refractivity contribution in [2.24, 2.45) is 15.4 Å². The first-order valence-electron chi connectivity index (χ1n) is 7.92. The first kappa shape index (κ1) is 18.4. The molecule has 0 fully saturated rings. The predicted molar refractivity (Wildman–Crippen MR) is 99.8 cm³/mol. The Morgan fingerprint density at radius 2 is 1.68 bits per heavy atom. The van der Waals surface area contributed by atoms with Crippen LogP contribution in [0.3, 0.4) is 0 Å². The zero-order valence-corrected chi connectivity index (χ0v) is 15.4. The minimum atomic E-state index is -0.0733. The van der Waals surface area contributed by atoms with E-state index in [-0.39, 0.29) is 11.0 Å². The van der Waals surface area contributed by atoms with Crippen LogP contribution in [0.15, 0.2) is 34.3 Å². The fourth-order valence-corrected chi connectivity index (χ4v) is 2.42. The summed E-state index contributed by atoms with van der Waals surface area (Å²) in [4.78, 5) is 9.34. The molecule has 1 rings (SSSR count). The van der Waals surface area contributed by atoms with Gasteiger partial charge < -0.3 is 5.32 Å². The maximum atomic E-state index is 4.72. The lowest BCUT2D eigenvalue weighted by Gasteiger charge is -2.17. The van der Waals surface area contributed by atoms with Crippen LogP contribution in [0.25, 0.3) is 0 Å². The van der Waals surface area contributed by atoms with Crippen LogP contribution in [0.5, 0.6) is 0 Å². The minimum Gasteiger partial charge on any atom is -0.344 e. The molecule has 0 aliphatic carbocycles. The fourth-order valence-electron chi connectivity index (χ4n) is 2.42. The Kier molecular flexibility index (Phi) is 5.92. The van der Waals surface area contributed by atoms with Gasteiger partial charge in [0.1, 0.15) is 0 Å². The van der Waals surface area contributed by atoms with Crippen molar-refractivity contribution in [3.05, 3.63) is 24.3 Å². The molecule has 1 N–H and O–H groups in total. The molecule has 3 heteroatoms. The molecular formula is C19H31N3. The molecule has 1 aromatic carbocycles. The second-order valence-corrected chi connectivity index (χ2v) is 8.13. The van der Waals surface area contributed by atoms with Crippen molar-refractivity contribution in [3.8, 4) is 0 Å². The number of aliphatic imine (C=N–C) groups is 2. The zero-order valence-electron chi connectivity index (χ0n) is 15.4. The minimum absolute atomic E-state index is 0.0733. The Bertz CT molecular complexity index is 555. The van der Waals surface area contributed by atoms with Crippen LogP contribution in [0.1, 0.15) is 61.8 Å². The summed E-state index contributed by atoms with van der Waals surface area (Å²) in [5.41, 5.74) is 3.35. The number of hydrogen-bond acceptors (Lipinski definition) is 2. The van der Waals surface area contributed by atoms with Crippen LogP contribution < -0.4 is 5.32 Å². The summed E-state index contributed by atoms with van der Waals surface area (Å²) >= 11 is 0. The highest BCUT2D eigenvalue weighted by molar-refractivity contribution is 5.94. The van der Waals surface area contributed by atoms with Crippen molar-refractivity contribution in [3.63, 3.8) is 0 Å². The molecule has 0 radical (unpaired) electrons. The van der Waals surface area contributed by atoms with Crippen LogP contribution in [-0.4, -0.2) is 17.1 Å². The van der Waals surface area contributed by atoms with Crippen molar-refractivity contribution < 1.29 is 0 Å². The lowest BCUT2D eigenvalue weighted by molar-refractivity contribution is 0.433. The van der Waals surface area contributed by atoms with Gasteiger partial charge in [0.2, 0.25) is 0 Å². The second-order valence-electron chi connectivity index (χ2n) is 8.13. The molecule has 0 aromatic heterocycles. The standard InChI is InChI=1S/C19H31N3/c1-14(13-18(3,4)5)20-16-10-9-11-17(12-16)21-15(2)22-19(6,7)8/h9-12H,13H2,1-8H3,(H,21,22). The molecule has 22 heavy (non-hydrogen) atoms. The van der Waals surface area contributed by atoms with Crippen molar-refractivity contribution in [2.75, 3.05) is 5.32 Å². The van der Waals surface area contributed by atoms with E-state index in [0.29, 0.717) is 0 Å². The molecule has 0 bridgehead atoms. The molecule has 0 saturated carbocycles. The van der Waals surface area contributed by atoms with Gasteiger partial charge in [0, 0.05) is 11.4 Å². The molecule has 3 nitrogen and oxygen atoms in total. The van der Waals surface area contributed by atoms with E-state index >= 15 is 0 Å². The number of rotatable bonds is 3. The van der Waals surface area contributed by atoms with Gasteiger partial charge in [-0.3, -0.25) is 9.98 Å². The quantitative estimate of drug-likeness (QED) is 0.552. The molecule has 0 amide bonds. The molecule has 0 aliphatic rings. The summed E-state index contributed by atoms with van der Waals surface area (Å²) in [6.45, 7) is 17.1. The summed E-state index contributed by atoms with van der Waals surface area (Å²) < 4.78 is 0. The van der Waals surface area contributed by atoms with Gasteiger partial charge >= 0.3 is 0 Å². The molecule has 0 atom stereocenters. The lowest BCUT2D eigenvalue weighted by atomic mass is 9.90. The van der Waals surface area contributed by atoms with Crippen molar-refractivity contribution >= 4 is 22.9 Å². The van der Waals surface area contributed by atoms with E-state index in [1.165, 1.54) is 0 Å². The first-order chi connectivity index (χ1) is 9.94. The molecule has 1 aromatic rings. The van der Waals surface area contributed by atoms with Gasteiger partial charge in [-0.2, -0.15) is 0 Å². The highest BCUT2D eigenvalue weighted by Crippen LogP contribution is 2.23. The van der Waals surface area contributed by atoms with E-state index in [4.69, 9.17) is 4.99 Å². The van der Waals surface area contributed by atoms with E-state index in [1.807, 2.05) is 25.1 Å². The maximum absolute atomic E-state index is 4.72. The van der Waals surface area contributed by atoms with Crippen LogP contribution in [0.2, 0.25) is 0 Å². The van der Waals surface area contributed by atoms with E-state index in [2.05, 4.69) is 64.8 Å². The van der Waals surface area contributed by atoms with Crippen LogP contribution in [0.4, 0.5) is 11.4 Å². The summed E-state index contributed by atoms with van der Waals surface area (Å²) in [6, 6.07) is 8.16. The summed E-state index contributed by atoms with van der Waals surface area (Å²) in [5.74, 6) is 0.917. The summed E-state index contributed by atoms with van der Waals surface area (Å²) in [5, 5.41) is 3.34. The number of nitrogens with one attached hydrogen (secondary N) is 1. The van der Waals surface area contributed by atoms with E-state index < -0.39 is 0 Å². The monoisotopic (exact) mass is 301 g/mol. The Morgan fingerprint density at radius 3 is 2.23 bits per heavy atom. The molecule has 0 heterocycles. The largest absolute Gasteiger partial charge is 0.344 e. The Balaban J connectivity index is 2.87. The third kappa shape index (κ3) is 7.96. The first-order valence-corrected chi connectivity index (χ1v) is 7.92. The van der Waals surface area contributed by atoms with Crippen molar-refractivity contribution in [2.45, 2.75) is 67.3 Å². The highest BCUT2D eigenvalue weighted by atomic mass is 15.0. The Hall–Kier alpha value is -1.64. The fraction of sp³-hybridized carbons (Fsp3) is 0.579. The van der Waals surface area contributed by atoms with Crippen molar-refractivity contribution in [1.29, 1.82) is 0 Å². The smallest absolute Gasteiger partial charge is 0.0982 e. The van der Waals surface area contributed by atoms with Gasteiger partial charge in [0.15, 0.2) is 0 Å². The maximum Gasteiger partial charge on any atom is 0.0982 e. The average Bonchev–Trinajstić information content (AvgIpc) is 2.22. The van der Waals surface area contributed by atoms with Crippen LogP contribution in [0, 0.1) is 5.41 Å². The molecule has 122 valence electrons. The van der Waals surface area contributed by atoms with Crippen molar-refractivity contribution in [1.82, 2.24) is 0 Å². The summed E-state index contributed by atoms with van der Waals surface area (Å²) in [7, 11) is 0. The zero-order chi connectivity index (χ0) is 17.0. The summed E-state index contributed by atoms with van der Waals surface area (Å²) in [6.07, 6.45) is 0.995. The average molecular weight is 301 g/mol. The van der Waals surface area contributed by atoms with Gasteiger partial charge in [-0.1, -0.05) is 26.8 Å². The topological polar surface area (TPSA) is 36.8 Å². The number of hydrogen-bond donors (Lipinski definition) is 1. The Morgan fingerprint density at radius 1 is 1.05 bits per heavy atom. The van der Waals surface area contributed by atoms with Crippen LogP contribution >= 0.6 is 0 Å². The number of nitrogens with zero attached hydrogens (tertiary/aromatic N) is 2. The van der Waals surface area contributed by atoms with Gasteiger partial charge in [-0.15, -0.1) is 0 Å². The van der Waals surface area contributed by atoms with E-state index in [0.717, 1.165) is 29.3 Å². The van der Waals surface area contributed by atoms with Crippen LogP contribution in [-0.2, 0) is 0 Å². The SMILES string of the molecule is CC(CC(C)(C)C)=Nc1cccc(NC(C)=NC(C)(C)C)c1.